The summed E-state index contributed by atoms with van der Waals surface area (Å²) in [5.74, 6) is 0. The van der Waals surface area contributed by atoms with Crippen LogP contribution in [0.2, 0.25) is 5.15 Å². The van der Waals surface area contributed by atoms with Crippen molar-refractivity contribution in [2.24, 2.45) is 0 Å². The zero-order valence-corrected chi connectivity index (χ0v) is 13.1. The fraction of sp³-hybridized carbons (Fsp3) is 0.154. The first-order chi connectivity index (χ1) is 10.3. The number of halogens is 1. The van der Waals surface area contributed by atoms with E-state index in [-0.39, 0.29) is 4.90 Å². The molecule has 0 saturated carbocycles. The Morgan fingerprint density at radius 2 is 2.05 bits per heavy atom. The number of nitro benzene ring substituents is 1. The number of nitrogens with one attached hydrogen (secondary N) is 1. The second-order valence-electron chi connectivity index (χ2n) is 4.55. The average molecular weight is 342 g/mol. The summed E-state index contributed by atoms with van der Waals surface area (Å²) >= 11 is 5.68. The van der Waals surface area contributed by atoms with Gasteiger partial charge in [-0.05, 0) is 23.8 Å². The van der Waals surface area contributed by atoms with Crippen LogP contribution in [0, 0.1) is 10.1 Å². The van der Waals surface area contributed by atoms with Crippen molar-refractivity contribution in [2.75, 3.05) is 11.6 Å². The Labute approximate surface area is 132 Å². The summed E-state index contributed by atoms with van der Waals surface area (Å²) < 4.78 is 23.3. The predicted octanol–water partition coefficient (Wildman–Crippen LogP) is 2.66. The Balaban J connectivity index is 2.25. The van der Waals surface area contributed by atoms with Crippen LogP contribution in [0.1, 0.15) is 5.56 Å². The molecule has 22 heavy (non-hydrogen) atoms. The number of aromatic nitrogens is 1. The van der Waals surface area contributed by atoms with Gasteiger partial charge in [0.05, 0.1) is 4.92 Å². The molecule has 0 aliphatic carbocycles. The number of sulfone groups is 1. The lowest BCUT2D eigenvalue weighted by atomic mass is 10.2. The fourth-order valence-electron chi connectivity index (χ4n) is 1.79. The van der Waals surface area contributed by atoms with Gasteiger partial charge in [0.25, 0.3) is 5.69 Å². The maximum Gasteiger partial charge on any atom is 0.288 e. The van der Waals surface area contributed by atoms with Crippen molar-refractivity contribution in [3.63, 3.8) is 0 Å². The van der Waals surface area contributed by atoms with Crippen LogP contribution >= 0.6 is 11.6 Å². The summed E-state index contributed by atoms with van der Waals surface area (Å²) in [6.07, 6.45) is 2.51. The highest BCUT2D eigenvalue weighted by Crippen LogP contribution is 2.27. The van der Waals surface area contributed by atoms with Gasteiger partial charge in [0, 0.05) is 30.8 Å². The number of hydrogen-bond donors (Lipinski definition) is 1. The highest BCUT2D eigenvalue weighted by molar-refractivity contribution is 7.90. The Bertz CT molecular complexity index is 807. The van der Waals surface area contributed by atoms with E-state index in [2.05, 4.69) is 10.3 Å². The molecule has 0 spiro atoms. The van der Waals surface area contributed by atoms with E-state index in [1.165, 1.54) is 18.2 Å². The van der Waals surface area contributed by atoms with Gasteiger partial charge >= 0.3 is 0 Å². The van der Waals surface area contributed by atoms with Crippen LogP contribution in [0.5, 0.6) is 0 Å². The number of rotatable bonds is 5. The molecule has 0 atom stereocenters. The molecule has 1 heterocycles. The molecule has 7 nitrogen and oxygen atoms in total. The zero-order chi connectivity index (χ0) is 16.3. The average Bonchev–Trinajstić information content (AvgIpc) is 2.45. The lowest BCUT2D eigenvalue weighted by Crippen LogP contribution is -2.05. The van der Waals surface area contributed by atoms with Crippen LogP contribution in [0.3, 0.4) is 0 Å². The molecule has 0 aliphatic heterocycles. The molecule has 0 fully saturated rings. The van der Waals surface area contributed by atoms with Gasteiger partial charge < -0.3 is 5.32 Å². The molecule has 9 heteroatoms. The van der Waals surface area contributed by atoms with Crippen molar-refractivity contribution < 1.29 is 13.3 Å². The number of pyridine rings is 1. The standard InChI is InChI=1S/C13H12ClN3O4S/c1-22(20,21)12-6-10(3-4-11(12)17(18)19)15-7-9-2-5-13(14)16-8-9/h2-6,8,15H,7H2,1H3. The second kappa shape index (κ2) is 6.29. The number of nitro groups is 1. The van der Waals surface area contributed by atoms with Crippen molar-refractivity contribution in [3.8, 4) is 0 Å². The second-order valence-corrected chi connectivity index (χ2v) is 6.93. The van der Waals surface area contributed by atoms with E-state index < -0.39 is 20.4 Å². The highest BCUT2D eigenvalue weighted by Gasteiger charge is 2.22. The van der Waals surface area contributed by atoms with Crippen LogP contribution in [-0.4, -0.2) is 24.6 Å². The summed E-state index contributed by atoms with van der Waals surface area (Å²) in [4.78, 5) is 13.8. The van der Waals surface area contributed by atoms with E-state index in [1.807, 2.05) is 0 Å². The molecule has 0 unspecified atom stereocenters. The molecular formula is C13H12ClN3O4S. The topological polar surface area (TPSA) is 102 Å². The van der Waals surface area contributed by atoms with Gasteiger partial charge in [-0.1, -0.05) is 17.7 Å². The largest absolute Gasteiger partial charge is 0.381 e. The predicted molar refractivity (Wildman–Crippen MR) is 82.8 cm³/mol. The van der Waals surface area contributed by atoms with Gasteiger partial charge in [0.1, 0.15) is 10.0 Å². The molecule has 0 amide bonds. The summed E-state index contributed by atoms with van der Waals surface area (Å²) in [5, 5.41) is 14.3. The van der Waals surface area contributed by atoms with Crippen molar-refractivity contribution in [3.05, 3.63) is 57.4 Å². The van der Waals surface area contributed by atoms with Gasteiger partial charge in [0.15, 0.2) is 9.84 Å². The molecule has 2 rings (SSSR count). The first-order valence-electron chi connectivity index (χ1n) is 6.10. The fourth-order valence-corrected chi connectivity index (χ4v) is 2.76. The number of nitrogens with zero attached hydrogens (tertiary/aromatic N) is 2. The van der Waals surface area contributed by atoms with E-state index in [9.17, 15) is 18.5 Å². The Kier molecular flexibility index (Phi) is 4.62. The maximum atomic E-state index is 11.7. The molecule has 0 radical (unpaired) electrons. The molecule has 0 bridgehead atoms. The van der Waals surface area contributed by atoms with Crippen molar-refractivity contribution in [1.82, 2.24) is 4.98 Å². The van der Waals surface area contributed by atoms with Crippen LogP contribution in [-0.2, 0) is 16.4 Å². The Morgan fingerprint density at radius 1 is 1.32 bits per heavy atom. The first-order valence-corrected chi connectivity index (χ1v) is 8.37. The van der Waals surface area contributed by atoms with Crippen molar-refractivity contribution in [2.45, 2.75) is 11.4 Å². The van der Waals surface area contributed by atoms with Gasteiger partial charge in [-0.15, -0.1) is 0 Å². The van der Waals surface area contributed by atoms with Crippen molar-refractivity contribution >= 4 is 32.8 Å². The number of hydrogen-bond acceptors (Lipinski definition) is 6. The lowest BCUT2D eigenvalue weighted by molar-refractivity contribution is -0.387. The first kappa shape index (κ1) is 16.2. The minimum absolute atomic E-state index is 0.322. The SMILES string of the molecule is CS(=O)(=O)c1cc(NCc2ccc(Cl)nc2)ccc1[N+](=O)[O-]. The minimum Gasteiger partial charge on any atom is -0.381 e. The van der Waals surface area contributed by atoms with E-state index >= 15 is 0 Å². The molecule has 116 valence electrons. The van der Waals surface area contributed by atoms with Gasteiger partial charge in [-0.2, -0.15) is 0 Å². The normalized spacial score (nSPS) is 11.2. The molecular weight excluding hydrogens is 330 g/mol. The maximum absolute atomic E-state index is 11.7. The van der Waals surface area contributed by atoms with Gasteiger partial charge in [0.2, 0.25) is 0 Å². The third-order valence-electron chi connectivity index (χ3n) is 2.84. The Hall–Kier alpha value is -2.19. The molecule has 2 aromatic rings. The minimum atomic E-state index is -3.70. The molecule has 1 aromatic heterocycles. The van der Waals surface area contributed by atoms with E-state index in [0.29, 0.717) is 17.4 Å². The zero-order valence-electron chi connectivity index (χ0n) is 11.5. The third-order valence-corrected chi connectivity index (χ3v) is 4.19. The highest BCUT2D eigenvalue weighted by atomic mass is 35.5. The third kappa shape index (κ3) is 3.92. The van der Waals surface area contributed by atoms with E-state index in [1.54, 1.807) is 18.3 Å². The van der Waals surface area contributed by atoms with Crippen LogP contribution in [0.15, 0.2) is 41.4 Å². The quantitative estimate of drug-likeness (QED) is 0.509. The van der Waals surface area contributed by atoms with Gasteiger partial charge in [-0.3, -0.25) is 10.1 Å². The van der Waals surface area contributed by atoms with E-state index in [0.717, 1.165) is 11.8 Å². The number of anilines is 1. The molecule has 0 saturated heterocycles. The summed E-state index contributed by atoms with van der Waals surface area (Å²) in [6.45, 7) is 0.380. The molecule has 1 N–H and O–H groups in total. The van der Waals surface area contributed by atoms with Crippen LogP contribution in [0.25, 0.3) is 0 Å². The summed E-state index contributed by atoms with van der Waals surface area (Å²) in [5.41, 5.74) is 0.853. The van der Waals surface area contributed by atoms with Crippen molar-refractivity contribution in [1.29, 1.82) is 0 Å². The monoisotopic (exact) mass is 341 g/mol. The smallest absolute Gasteiger partial charge is 0.288 e. The Morgan fingerprint density at radius 3 is 2.59 bits per heavy atom. The molecule has 0 aliphatic rings. The van der Waals surface area contributed by atoms with Gasteiger partial charge in [-0.25, -0.2) is 13.4 Å². The lowest BCUT2D eigenvalue weighted by Gasteiger charge is -2.08. The molecule has 1 aromatic carbocycles. The summed E-state index contributed by atoms with van der Waals surface area (Å²) in [7, 11) is -3.70. The van der Waals surface area contributed by atoms with Crippen LogP contribution < -0.4 is 5.32 Å². The van der Waals surface area contributed by atoms with Crippen LogP contribution in [0.4, 0.5) is 11.4 Å². The summed E-state index contributed by atoms with van der Waals surface area (Å²) in [6, 6.07) is 7.27. The number of benzene rings is 1. The van der Waals surface area contributed by atoms with E-state index in [4.69, 9.17) is 11.6 Å².